The zero-order valence-electron chi connectivity index (χ0n) is 23.0. The Labute approximate surface area is 237 Å². The smallest absolute Gasteiger partial charge is 0.356 e. The fourth-order valence-corrected chi connectivity index (χ4v) is 4.67. The van der Waals surface area contributed by atoms with Gasteiger partial charge in [-0.05, 0) is 95.1 Å². The van der Waals surface area contributed by atoms with E-state index in [9.17, 15) is 0 Å². The molecule has 0 spiro atoms. The summed E-state index contributed by atoms with van der Waals surface area (Å²) in [6, 6.07) is 47.7. The number of anilines is 4. The largest absolute Gasteiger partial charge is 1.00 e. The van der Waals surface area contributed by atoms with Gasteiger partial charge in [0, 0.05) is 22.7 Å². The molecule has 0 saturated heterocycles. The highest BCUT2D eigenvalue weighted by Crippen LogP contribution is 2.32. The molecule has 0 atom stereocenters. The van der Waals surface area contributed by atoms with Crippen molar-refractivity contribution in [3.8, 4) is 0 Å². The van der Waals surface area contributed by atoms with Crippen molar-refractivity contribution in [3.05, 3.63) is 181 Å². The topological polar surface area (TPSA) is 36.4 Å². The molecule has 2 N–H and O–H groups in total. The average molecular weight is 517 g/mol. The van der Waals surface area contributed by atoms with Crippen LogP contribution in [0.1, 0.15) is 12.6 Å². The summed E-state index contributed by atoms with van der Waals surface area (Å²) in [6.45, 7) is 0. The number of nitrogens with zero attached hydrogens (tertiary/aromatic N) is 1. The van der Waals surface area contributed by atoms with Crippen LogP contribution in [-0.2, 0) is 0 Å². The van der Waals surface area contributed by atoms with Crippen molar-refractivity contribution in [2.24, 2.45) is 4.99 Å². The van der Waals surface area contributed by atoms with Crippen molar-refractivity contribution in [2.75, 3.05) is 10.6 Å². The first kappa shape index (κ1) is 24.9. The number of benzene rings is 5. The van der Waals surface area contributed by atoms with E-state index in [2.05, 4.69) is 108 Å². The normalized spacial score (nSPS) is 12.2. The molecule has 0 fully saturated rings. The number of hydrogen-bond donors (Lipinski definition) is 2. The molecule has 6 rings (SSSR count). The SMILES string of the molecule is C1=CC(=C(c2ccc(Nc3ccccc3)cc2)c2ccc(Nc3ccccc3)cc2)C=CC1=Nc1ccccc1.[H+]. The first-order valence-electron chi connectivity index (χ1n) is 13.4. The van der Waals surface area contributed by atoms with E-state index in [1.807, 2.05) is 66.7 Å². The lowest BCUT2D eigenvalue weighted by Crippen LogP contribution is -1.99. The van der Waals surface area contributed by atoms with Gasteiger partial charge in [0.1, 0.15) is 0 Å². The van der Waals surface area contributed by atoms with Gasteiger partial charge in [-0.25, -0.2) is 4.99 Å². The van der Waals surface area contributed by atoms with Crippen molar-refractivity contribution in [3.63, 3.8) is 0 Å². The standard InChI is InChI=1S/C37H29N3/c1-4-10-31(11-5-1)38-34-22-16-28(17-23-34)37(29-18-24-35(25-19-29)39-32-12-6-2-7-13-32)30-20-26-36(27-21-30)40-33-14-8-3-9-15-33/h1-27,38-39H/p+1. The van der Waals surface area contributed by atoms with Crippen molar-refractivity contribution in [1.82, 2.24) is 0 Å². The Hall–Kier alpha value is -5.41. The first-order chi connectivity index (χ1) is 19.8. The second-order valence-corrected chi connectivity index (χ2v) is 9.51. The summed E-state index contributed by atoms with van der Waals surface area (Å²) < 4.78 is 0. The predicted octanol–water partition coefficient (Wildman–Crippen LogP) is 9.99. The van der Waals surface area contributed by atoms with E-state index in [0.29, 0.717) is 0 Å². The van der Waals surface area contributed by atoms with Crippen LogP contribution in [0.3, 0.4) is 0 Å². The number of aliphatic imine (C=N–C) groups is 1. The Morgan fingerprint density at radius 3 is 1.27 bits per heavy atom. The first-order valence-corrected chi connectivity index (χ1v) is 13.4. The zero-order valence-corrected chi connectivity index (χ0v) is 22.0. The zero-order chi connectivity index (χ0) is 27.0. The van der Waals surface area contributed by atoms with Gasteiger partial charge in [-0.3, -0.25) is 0 Å². The van der Waals surface area contributed by atoms with Crippen molar-refractivity contribution in [1.29, 1.82) is 0 Å². The lowest BCUT2D eigenvalue weighted by atomic mass is 9.90. The molecule has 3 nitrogen and oxygen atoms in total. The third-order valence-corrected chi connectivity index (χ3v) is 6.64. The summed E-state index contributed by atoms with van der Waals surface area (Å²) >= 11 is 0. The summed E-state index contributed by atoms with van der Waals surface area (Å²) in [5.74, 6) is 0. The molecular weight excluding hydrogens is 486 g/mol. The fourth-order valence-electron chi connectivity index (χ4n) is 4.67. The van der Waals surface area contributed by atoms with Crippen LogP contribution in [-0.4, -0.2) is 5.71 Å². The second kappa shape index (κ2) is 12.0. The fraction of sp³-hybridized carbons (Fsp3) is 0. The van der Waals surface area contributed by atoms with Gasteiger partial charge >= 0.3 is 1.43 Å². The van der Waals surface area contributed by atoms with Gasteiger partial charge in [-0.15, -0.1) is 0 Å². The maximum absolute atomic E-state index is 4.76. The van der Waals surface area contributed by atoms with Gasteiger partial charge in [0.25, 0.3) is 0 Å². The minimum atomic E-state index is 0. The van der Waals surface area contributed by atoms with Crippen molar-refractivity contribution >= 4 is 39.7 Å². The van der Waals surface area contributed by atoms with Crippen LogP contribution in [0, 0.1) is 0 Å². The van der Waals surface area contributed by atoms with Crippen LogP contribution in [0.25, 0.3) is 5.57 Å². The molecule has 5 aromatic carbocycles. The Balaban J connectivity index is 0.00000337. The molecule has 0 amide bonds. The molecule has 192 valence electrons. The summed E-state index contributed by atoms with van der Waals surface area (Å²) in [7, 11) is 0. The Morgan fingerprint density at radius 1 is 0.425 bits per heavy atom. The van der Waals surface area contributed by atoms with E-state index in [1.54, 1.807) is 0 Å². The van der Waals surface area contributed by atoms with Gasteiger partial charge in [-0.2, -0.15) is 0 Å². The summed E-state index contributed by atoms with van der Waals surface area (Å²) in [5, 5.41) is 6.96. The number of allylic oxidation sites excluding steroid dienone is 5. The average Bonchev–Trinajstić information content (AvgIpc) is 3.01. The van der Waals surface area contributed by atoms with Crippen LogP contribution in [0.15, 0.2) is 174 Å². The van der Waals surface area contributed by atoms with E-state index < -0.39 is 0 Å². The van der Waals surface area contributed by atoms with E-state index >= 15 is 0 Å². The van der Waals surface area contributed by atoms with E-state index in [0.717, 1.165) is 50.8 Å². The third kappa shape index (κ3) is 6.17. The Morgan fingerprint density at radius 2 is 0.825 bits per heavy atom. The van der Waals surface area contributed by atoms with Crippen molar-refractivity contribution in [2.45, 2.75) is 0 Å². The van der Waals surface area contributed by atoms with E-state index in [1.165, 1.54) is 5.57 Å². The van der Waals surface area contributed by atoms with Gasteiger partial charge < -0.3 is 10.6 Å². The van der Waals surface area contributed by atoms with Gasteiger partial charge in [-0.1, -0.05) is 91.0 Å². The lowest BCUT2D eigenvalue weighted by Gasteiger charge is -2.16. The molecule has 5 aromatic rings. The van der Waals surface area contributed by atoms with Crippen LogP contribution < -0.4 is 10.6 Å². The molecule has 40 heavy (non-hydrogen) atoms. The van der Waals surface area contributed by atoms with E-state index in [4.69, 9.17) is 4.99 Å². The molecule has 0 radical (unpaired) electrons. The number of hydrogen-bond acceptors (Lipinski definition) is 3. The highest BCUT2D eigenvalue weighted by molar-refractivity contribution is 6.08. The molecule has 0 saturated carbocycles. The lowest BCUT2D eigenvalue weighted by molar-refractivity contribution is 1.47. The highest BCUT2D eigenvalue weighted by Gasteiger charge is 2.12. The quantitative estimate of drug-likeness (QED) is 0.226. The van der Waals surface area contributed by atoms with Crippen LogP contribution in [0.5, 0.6) is 0 Å². The molecule has 1 aliphatic rings. The monoisotopic (exact) mass is 516 g/mol. The minimum absolute atomic E-state index is 0. The molecule has 1 aliphatic carbocycles. The third-order valence-electron chi connectivity index (χ3n) is 6.64. The maximum atomic E-state index is 4.76. The molecular formula is C37H30N3+. The molecule has 3 heteroatoms. The Bertz CT molecular complexity index is 1580. The molecule has 0 bridgehead atoms. The predicted molar refractivity (Wildman–Crippen MR) is 171 cm³/mol. The van der Waals surface area contributed by atoms with Gasteiger partial charge in [0.05, 0.1) is 11.4 Å². The maximum Gasteiger partial charge on any atom is 1.00 e. The van der Waals surface area contributed by atoms with Gasteiger partial charge in [0.15, 0.2) is 0 Å². The van der Waals surface area contributed by atoms with Crippen LogP contribution in [0.4, 0.5) is 28.4 Å². The number of nitrogens with one attached hydrogen (secondary N) is 2. The minimum Gasteiger partial charge on any atom is -0.356 e. The van der Waals surface area contributed by atoms with Crippen LogP contribution >= 0.6 is 0 Å². The molecule has 0 unspecified atom stereocenters. The van der Waals surface area contributed by atoms with E-state index in [-0.39, 0.29) is 1.43 Å². The highest BCUT2D eigenvalue weighted by atomic mass is 14.9. The summed E-state index contributed by atoms with van der Waals surface area (Å²) in [6.07, 6.45) is 8.48. The molecule has 0 aliphatic heterocycles. The Kier molecular flexibility index (Phi) is 7.45. The molecule has 0 aromatic heterocycles. The molecule has 0 heterocycles. The number of para-hydroxylation sites is 3. The summed E-state index contributed by atoms with van der Waals surface area (Å²) in [4.78, 5) is 4.76. The van der Waals surface area contributed by atoms with Crippen LogP contribution in [0.2, 0.25) is 0 Å². The summed E-state index contributed by atoms with van der Waals surface area (Å²) in [5.41, 5.74) is 10.7. The second-order valence-electron chi connectivity index (χ2n) is 9.51. The number of rotatable bonds is 7. The van der Waals surface area contributed by atoms with Gasteiger partial charge in [0.2, 0.25) is 0 Å². The van der Waals surface area contributed by atoms with Crippen molar-refractivity contribution < 1.29 is 1.43 Å².